The van der Waals surface area contributed by atoms with E-state index in [-0.39, 0.29) is 5.15 Å². The van der Waals surface area contributed by atoms with Crippen LogP contribution in [0.1, 0.15) is 0 Å². The van der Waals surface area contributed by atoms with Gasteiger partial charge in [0.2, 0.25) is 0 Å². The molecule has 2 heterocycles. The summed E-state index contributed by atoms with van der Waals surface area (Å²) in [6.07, 6.45) is 1.72. The van der Waals surface area contributed by atoms with E-state index in [1.54, 1.807) is 12.3 Å². The monoisotopic (exact) mass is 296 g/mol. The second kappa shape index (κ2) is 4.89. The summed E-state index contributed by atoms with van der Waals surface area (Å²) < 4.78 is 0.864. The molecule has 0 unspecified atom stereocenters. The number of rotatable bonds is 2. The second-order valence-electron chi connectivity index (χ2n) is 2.45. The lowest BCUT2D eigenvalue weighted by Crippen LogP contribution is -1.84. The highest BCUT2D eigenvalue weighted by molar-refractivity contribution is 8.01. The average Bonchev–Trinajstić information content (AvgIpc) is 2.67. The molecule has 0 N–H and O–H groups in total. The van der Waals surface area contributed by atoms with Gasteiger partial charge in [0.05, 0.1) is 10.0 Å². The molecule has 0 saturated heterocycles. The molecule has 0 aliphatic carbocycles. The standard InChI is InChI=1S/C8H3Cl3N2S2/c9-4-3-5(10)7(13-6(4)11)15-8-12-1-2-14-8/h1-3H. The highest BCUT2D eigenvalue weighted by Gasteiger charge is 2.10. The van der Waals surface area contributed by atoms with E-state index >= 15 is 0 Å². The van der Waals surface area contributed by atoms with Crippen molar-refractivity contribution in [1.82, 2.24) is 9.97 Å². The predicted molar refractivity (Wildman–Crippen MR) is 65.5 cm³/mol. The number of aromatic nitrogens is 2. The van der Waals surface area contributed by atoms with Gasteiger partial charge in [0.25, 0.3) is 0 Å². The fourth-order valence-corrected chi connectivity index (χ4v) is 3.04. The molecule has 0 amide bonds. The van der Waals surface area contributed by atoms with Crippen LogP contribution in [0.25, 0.3) is 0 Å². The summed E-state index contributed by atoms with van der Waals surface area (Å²) in [5.74, 6) is 0. The van der Waals surface area contributed by atoms with Crippen molar-refractivity contribution in [2.45, 2.75) is 9.37 Å². The van der Waals surface area contributed by atoms with Crippen LogP contribution in [0.5, 0.6) is 0 Å². The Morgan fingerprint density at radius 3 is 2.67 bits per heavy atom. The molecule has 0 fully saturated rings. The molecule has 0 saturated carbocycles. The maximum Gasteiger partial charge on any atom is 0.156 e. The largest absolute Gasteiger partial charge is 0.238 e. The average molecular weight is 298 g/mol. The molecule has 0 aliphatic heterocycles. The summed E-state index contributed by atoms with van der Waals surface area (Å²) in [6, 6.07) is 1.58. The molecule has 15 heavy (non-hydrogen) atoms. The lowest BCUT2D eigenvalue weighted by Gasteiger charge is -2.02. The zero-order valence-electron chi connectivity index (χ0n) is 7.08. The van der Waals surface area contributed by atoms with Gasteiger partial charge in [0.1, 0.15) is 10.2 Å². The number of nitrogens with zero attached hydrogens (tertiary/aromatic N) is 2. The number of thiazole rings is 1. The normalized spacial score (nSPS) is 10.6. The molecule has 0 atom stereocenters. The van der Waals surface area contributed by atoms with Gasteiger partial charge < -0.3 is 0 Å². The molecule has 7 heteroatoms. The van der Waals surface area contributed by atoms with Gasteiger partial charge in [-0.15, -0.1) is 11.3 Å². The summed E-state index contributed by atoms with van der Waals surface area (Å²) in [4.78, 5) is 8.19. The molecular formula is C8H3Cl3N2S2. The van der Waals surface area contributed by atoms with Crippen molar-refractivity contribution >= 4 is 57.9 Å². The first-order chi connectivity index (χ1) is 7.16. The van der Waals surface area contributed by atoms with Crippen LogP contribution in [0.15, 0.2) is 27.0 Å². The fraction of sp³-hybridized carbons (Fsp3) is 0. The summed E-state index contributed by atoms with van der Waals surface area (Å²) in [5, 5.41) is 3.57. The molecule has 0 bridgehead atoms. The summed E-state index contributed by atoms with van der Waals surface area (Å²) in [6.45, 7) is 0. The molecule has 2 aromatic rings. The van der Waals surface area contributed by atoms with Crippen LogP contribution in [-0.2, 0) is 0 Å². The smallest absolute Gasteiger partial charge is 0.156 e. The van der Waals surface area contributed by atoms with E-state index in [2.05, 4.69) is 9.97 Å². The Morgan fingerprint density at radius 2 is 2.00 bits per heavy atom. The van der Waals surface area contributed by atoms with Crippen LogP contribution in [0, 0.1) is 0 Å². The molecule has 78 valence electrons. The van der Waals surface area contributed by atoms with E-state index in [4.69, 9.17) is 34.8 Å². The molecule has 0 spiro atoms. The van der Waals surface area contributed by atoms with Crippen molar-refractivity contribution in [3.05, 3.63) is 32.8 Å². The topological polar surface area (TPSA) is 25.8 Å². The molecule has 2 rings (SSSR count). The molecule has 0 aliphatic rings. The van der Waals surface area contributed by atoms with Gasteiger partial charge in [0.15, 0.2) is 4.34 Å². The molecule has 2 aromatic heterocycles. The van der Waals surface area contributed by atoms with Gasteiger partial charge in [0, 0.05) is 11.6 Å². The Balaban J connectivity index is 2.33. The Morgan fingerprint density at radius 1 is 1.20 bits per heavy atom. The van der Waals surface area contributed by atoms with Gasteiger partial charge >= 0.3 is 0 Å². The number of halogens is 3. The lowest BCUT2D eigenvalue weighted by atomic mass is 10.5. The van der Waals surface area contributed by atoms with Crippen molar-refractivity contribution < 1.29 is 0 Å². The molecular weight excluding hydrogens is 295 g/mol. The number of hydrogen-bond donors (Lipinski definition) is 0. The minimum Gasteiger partial charge on any atom is -0.238 e. The highest BCUT2D eigenvalue weighted by Crippen LogP contribution is 2.36. The van der Waals surface area contributed by atoms with Crippen LogP contribution in [0.3, 0.4) is 0 Å². The zero-order valence-corrected chi connectivity index (χ0v) is 11.0. The van der Waals surface area contributed by atoms with Gasteiger partial charge in [-0.2, -0.15) is 0 Å². The highest BCUT2D eigenvalue weighted by atomic mass is 35.5. The number of pyridine rings is 1. The minimum absolute atomic E-state index is 0.250. The van der Waals surface area contributed by atoms with Gasteiger partial charge in [-0.05, 0) is 17.8 Å². The fourth-order valence-electron chi connectivity index (χ4n) is 0.844. The lowest BCUT2D eigenvalue weighted by molar-refractivity contribution is 1.13. The third kappa shape index (κ3) is 2.77. The molecule has 0 radical (unpaired) electrons. The minimum atomic E-state index is 0.250. The third-order valence-corrected chi connectivity index (χ3v) is 4.41. The third-order valence-electron chi connectivity index (χ3n) is 1.45. The van der Waals surface area contributed by atoms with Crippen LogP contribution >= 0.6 is 57.9 Å². The van der Waals surface area contributed by atoms with Gasteiger partial charge in [-0.1, -0.05) is 34.8 Å². The Kier molecular flexibility index (Phi) is 3.74. The van der Waals surface area contributed by atoms with E-state index in [1.807, 2.05) is 5.38 Å². The van der Waals surface area contributed by atoms with Gasteiger partial charge in [-0.25, -0.2) is 9.97 Å². The van der Waals surface area contributed by atoms with Crippen molar-refractivity contribution in [1.29, 1.82) is 0 Å². The maximum absolute atomic E-state index is 5.97. The van der Waals surface area contributed by atoms with E-state index in [0.717, 1.165) is 4.34 Å². The first-order valence-corrected chi connectivity index (χ1v) is 6.58. The van der Waals surface area contributed by atoms with Crippen LogP contribution < -0.4 is 0 Å². The number of hydrogen-bond acceptors (Lipinski definition) is 4. The van der Waals surface area contributed by atoms with Crippen LogP contribution in [-0.4, -0.2) is 9.97 Å². The van der Waals surface area contributed by atoms with Crippen molar-refractivity contribution in [2.75, 3.05) is 0 Å². The van der Waals surface area contributed by atoms with E-state index < -0.39 is 0 Å². The summed E-state index contributed by atoms with van der Waals surface area (Å²) in [7, 11) is 0. The molecule has 2 nitrogen and oxygen atoms in total. The van der Waals surface area contributed by atoms with Crippen LogP contribution in [0.4, 0.5) is 0 Å². The van der Waals surface area contributed by atoms with Crippen molar-refractivity contribution in [3.63, 3.8) is 0 Å². The summed E-state index contributed by atoms with van der Waals surface area (Å²) in [5.41, 5.74) is 0. The molecule has 0 aromatic carbocycles. The van der Waals surface area contributed by atoms with Crippen molar-refractivity contribution in [3.8, 4) is 0 Å². The van der Waals surface area contributed by atoms with Crippen LogP contribution in [0.2, 0.25) is 15.2 Å². The first kappa shape index (κ1) is 11.5. The first-order valence-electron chi connectivity index (χ1n) is 3.75. The van der Waals surface area contributed by atoms with E-state index in [0.29, 0.717) is 15.1 Å². The van der Waals surface area contributed by atoms with Gasteiger partial charge in [-0.3, -0.25) is 0 Å². The quantitative estimate of drug-likeness (QED) is 0.755. The second-order valence-corrected chi connectivity index (χ2v) is 5.75. The van der Waals surface area contributed by atoms with Crippen molar-refractivity contribution in [2.24, 2.45) is 0 Å². The predicted octanol–water partition coefficient (Wildman–Crippen LogP) is 4.65. The Bertz CT molecular complexity index is 473. The summed E-state index contributed by atoms with van der Waals surface area (Å²) >= 11 is 20.4. The van der Waals surface area contributed by atoms with E-state index in [1.165, 1.54) is 23.1 Å². The Hall–Kier alpha value is -0.000000000000000167. The Labute approximate surface area is 110 Å². The zero-order chi connectivity index (χ0) is 10.8. The SMILES string of the molecule is Clc1cc(Cl)c(Sc2nccs2)nc1Cl. The van der Waals surface area contributed by atoms with E-state index in [9.17, 15) is 0 Å². The maximum atomic E-state index is 5.97.